The predicted octanol–water partition coefficient (Wildman–Crippen LogP) is 3.79. The van der Waals surface area contributed by atoms with Crippen LogP contribution < -0.4 is 0 Å². The van der Waals surface area contributed by atoms with Crippen LogP contribution in [0.25, 0.3) is 10.4 Å². The highest BCUT2D eigenvalue weighted by molar-refractivity contribution is 7.32. The number of nitrogens with zero attached hydrogens (tertiary/aromatic N) is 3. The molecule has 2 aromatic rings. The fraction of sp³-hybridized carbons (Fsp3) is 0.409. The van der Waals surface area contributed by atoms with E-state index < -0.39 is 44.9 Å². The molecule has 0 bridgehead atoms. The molecule has 0 spiro atoms. The summed E-state index contributed by atoms with van der Waals surface area (Å²) in [4.78, 5) is 24.0. The van der Waals surface area contributed by atoms with Gasteiger partial charge in [-0.15, -0.1) is 4.89 Å². The quantitative estimate of drug-likeness (QED) is 0.164. The van der Waals surface area contributed by atoms with Gasteiger partial charge in [0.15, 0.2) is 6.10 Å². The largest absolute Gasteiger partial charge is 0.697 e. The van der Waals surface area contributed by atoms with Gasteiger partial charge in [0.05, 0.1) is 19.8 Å². The second kappa shape index (κ2) is 13.1. The van der Waals surface area contributed by atoms with Gasteiger partial charge in [0, 0.05) is 16.4 Å². The van der Waals surface area contributed by atoms with Crippen molar-refractivity contribution in [3.63, 3.8) is 0 Å². The molecule has 11 nitrogen and oxygen atoms in total. The highest BCUT2D eigenvalue weighted by Gasteiger charge is 2.51. The van der Waals surface area contributed by atoms with Crippen molar-refractivity contribution in [2.24, 2.45) is 5.11 Å². The Balaban J connectivity index is 1.84. The van der Waals surface area contributed by atoms with Gasteiger partial charge in [-0.1, -0.05) is 70.3 Å². The van der Waals surface area contributed by atoms with Crippen LogP contribution in [0, 0.1) is 0 Å². The van der Waals surface area contributed by atoms with Crippen molar-refractivity contribution in [1.29, 1.82) is 0 Å². The first-order valence-corrected chi connectivity index (χ1v) is 11.6. The Kier molecular flexibility index (Phi) is 9.93. The minimum Gasteiger partial charge on any atom is -0.457 e. The third-order valence-electron chi connectivity index (χ3n) is 4.97. The second-order valence-electron chi connectivity index (χ2n) is 7.42. The van der Waals surface area contributed by atoms with Crippen LogP contribution in [0.15, 0.2) is 65.8 Å². The molecule has 1 aliphatic rings. The van der Waals surface area contributed by atoms with Gasteiger partial charge < -0.3 is 18.9 Å². The van der Waals surface area contributed by atoms with E-state index in [1.54, 1.807) is 0 Å². The smallest absolute Gasteiger partial charge is 0.457 e. The molecule has 1 heterocycles. The molecule has 0 radical (unpaired) electrons. The van der Waals surface area contributed by atoms with Crippen LogP contribution in [0.5, 0.6) is 0 Å². The van der Waals surface area contributed by atoms with Crippen molar-refractivity contribution in [2.75, 3.05) is 6.61 Å². The van der Waals surface area contributed by atoms with Gasteiger partial charge in [-0.3, -0.25) is 4.79 Å². The molecule has 1 unspecified atom stereocenters. The van der Waals surface area contributed by atoms with E-state index >= 15 is 0 Å². The average Bonchev–Trinajstić information content (AvgIpc) is 2.82. The maximum atomic E-state index is 11.9. The van der Waals surface area contributed by atoms with Crippen molar-refractivity contribution >= 4 is 14.2 Å². The predicted molar refractivity (Wildman–Crippen MR) is 119 cm³/mol. The third kappa shape index (κ3) is 7.58. The van der Waals surface area contributed by atoms with Crippen molar-refractivity contribution in [3.05, 3.63) is 82.2 Å². The average molecular weight is 490 g/mol. The SMILES string of the molecule is CC(=O)O[C@H]1[C@H](OCc2ccccc2)[C@@H](N=[N+]=[N-])[C@@H](O[P+](=O)O)O[C@@H]1COCc1ccccc1. The van der Waals surface area contributed by atoms with Crippen molar-refractivity contribution < 1.29 is 37.7 Å². The lowest BCUT2D eigenvalue weighted by molar-refractivity contribution is -0.259. The van der Waals surface area contributed by atoms with E-state index in [-0.39, 0.29) is 19.8 Å². The first-order chi connectivity index (χ1) is 16.5. The molecule has 3 rings (SSSR count). The van der Waals surface area contributed by atoms with Crippen LogP contribution in [0.2, 0.25) is 0 Å². The normalized spacial score (nSPS) is 24.6. The number of carbonyl (C=O) groups excluding carboxylic acids is 1. The monoisotopic (exact) mass is 490 g/mol. The summed E-state index contributed by atoms with van der Waals surface area (Å²) >= 11 is 0. The van der Waals surface area contributed by atoms with Crippen LogP contribution >= 0.6 is 8.25 Å². The summed E-state index contributed by atoms with van der Waals surface area (Å²) in [5, 5.41) is 3.67. The number of rotatable bonds is 11. The number of benzene rings is 2. The molecule has 0 amide bonds. The van der Waals surface area contributed by atoms with Gasteiger partial charge >= 0.3 is 14.2 Å². The van der Waals surface area contributed by atoms with Crippen LogP contribution in [0.3, 0.4) is 0 Å². The minimum absolute atomic E-state index is 0.0525. The molecule has 34 heavy (non-hydrogen) atoms. The van der Waals surface area contributed by atoms with Gasteiger partial charge in [-0.2, -0.15) is 0 Å². The minimum atomic E-state index is -3.09. The van der Waals surface area contributed by atoms with Crippen LogP contribution in [0.1, 0.15) is 18.1 Å². The van der Waals surface area contributed by atoms with E-state index in [1.807, 2.05) is 60.7 Å². The molecular formula is C22H25N3O8P+. The molecule has 0 aromatic heterocycles. The number of hydrogen-bond acceptors (Lipinski definition) is 8. The van der Waals surface area contributed by atoms with Crippen molar-refractivity contribution in [1.82, 2.24) is 0 Å². The Morgan fingerprint density at radius 2 is 1.71 bits per heavy atom. The maximum absolute atomic E-state index is 11.9. The zero-order chi connectivity index (χ0) is 24.3. The molecule has 2 aromatic carbocycles. The summed E-state index contributed by atoms with van der Waals surface area (Å²) in [5.41, 5.74) is 10.8. The number of azide groups is 1. The van der Waals surface area contributed by atoms with Gasteiger partial charge in [-0.05, 0) is 16.7 Å². The highest BCUT2D eigenvalue weighted by Crippen LogP contribution is 2.34. The first-order valence-electron chi connectivity index (χ1n) is 10.4. The van der Waals surface area contributed by atoms with E-state index in [0.717, 1.165) is 11.1 Å². The molecule has 0 saturated carbocycles. The third-order valence-corrected chi connectivity index (χ3v) is 5.36. The number of esters is 1. The Bertz CT molecular complexity index is 990. The molecule has 1 N–H and O–H groups in total. The molecular weight excluding hydrogens is 465 g/mol. The van der Waals surface area contributed by atoms with Crippen molar-refractivity contribution in [3.8, 4) is 0 Å². The van der Waals surface area contributed by atoms with Gasteiger partial charge in [0.1, 0.15) is 18.2 Å². The Hall–Kier alpha value is -2.88. The fourth-order valence-corrected chi connectivity index (χ4v) is 3.89. The fourth-order valence-electron chi connectivity index (χ4n) is 3.54. The molecule has 0 aliphatic carbocycles. The summed E-state index contributed by atoms with van der Waals surface area (Å²) in [5.74, 6) is -0.609. The Labute approximate surface area is 197 Å². The van der Waals surface area contributed by atoms with Crippen LogP contribution in [-0.4, -0.2) is 48.1 Å². The van der Waals surface area contributed by atoms with E-state index in [4.69, 9.17) is 29.0 Å². The van der Waals surface area contributed by atoms with Gasteiger partial charge in [-0.25, -0.2) is 0 Å². The summed E-state index contributed by atoms with van der Waals surface area (Å²) < 4.78 is 39.5. The van der Waals surface area contributed by atoms with Crippen LogP contribution in [0.4, 0.5) is 0 Å². The molecule has 1 aliphatic heterocycles. The van der Waals surface area contributed by atoms with Crippen molar-refractivity contribution in [2.45, 2.75) is 50.8 Å². The highest BCUT2D eigenvalue weighted by atomic mass is 31.1. The lowest BCUT2D eigenvalue weighted by atomic mass is 9.97. The topological polar surface area (TPSA) is 149 Å². The van der Waals surface area contributed by atoms with Gasteiger partial charge in [0.2, 0.25) is 6.29 Å². The zero-order valence-electron chi connectivity index (χ0n) is 18.4. The number of ether oxygens (including phenoxy) is 4. The summed E-state index contributed by atoms with van der Waals surface area (Å²) in [6.45, 7) is 1.52. The molecule has 12 heteroatoms. The van der Waals surface area contributed by atoms with Crippen LogP contribution in [-0.2, 0) is 46.0 Å². The Morgan fingerprint density at radius 3 is 2.26 bits per heavy atom. The molecule has 6 atom stereocenters. The van der Waals surface area contributed by atoms with Gasteiger partial charge in [0.25, 0.3) is 0 Å². The van der Waals surface area contributed by atoms with E-state index in [2.05, 4.69) is 10.0 Å². The number of carbonyl (C=O) groups is 1. The van der Waals surface area contributed by atoms with E-state index in [1.165, 1.54) is 6.92 Å². The standard InChI is InChI=1S/C22H24N3O8P/c1-15(26)31-20-18(14-29-12-16-8-4-2-5-9-16)32-22(33-34(27)28)19(24-25-23)21(20)30-13-17-10-6-3-7-11-17/h2-11,18-22H,12-14H2,1H3/p+1/t18-,19-,20-,21-,22-/m1/s1. The summed E-state index contributed by atoms with van der Waals surface area (Å²) in [7, 11) is -3.09. The lowest BCUT2D eigenvalue weighted by Crippen LogP contribution is -2.60. The molecule has 1 fully saturated rings. The number of hydrogen-bond donors (Lipinski definition) is 1. The first kappa shape index (κ1) is 25.7. The Morgan fingerprint density at radius 1 is 1.09 bits per heavy atom. The molecule has 180 valence electrons. The van der Waals surface area contributed by atoms with E-state index in [0.29, 0.717) is 0 Å². The summed E-state index contributed by atoms with van der Waals surface area (Å²) in [6, 6.07) is 17.4. The zero-order valence-corrected chi connectivity index (χ0v) is 19.3. The summed E-state index contributed by atoms with van der Waals surface area (Å²) in [6.07, 6.45) is -4.44. The molecule has 1 saturated heterocycles. The second-order valence-corrected chi connectivity index (χ2v) is 8.10. The maximum Gasteiger partial charge on any atom is 0.697 e. The lowest BCUT2D eigenvalue weighted by Gasteiger charge is -2.42. The van der Waals surface area contributed by atoms with E-state index in [9.17, 15) is 14.3 Å².